The van der Waals surface area contributed by atoms with Gasteiger partial charge in [-0.15, -0.1) is 0 Å². The van der Waals surface area contributed by atoms with Crippen molar-refractivity contribution in [1.29, 1.82) is 0 Å². The van der Waals surface area contributed by atoms with Crippen molar-refractivity contribution in [2.75, 3.05) is 6.54 Å². The van der Waals surface area contributed by atoms with Crippen LogP contribution in [0.3, 0.4) is 0 Å². The maximum Gasteiger partial charge on any atom is 0.269 e. The highest BCUT2D eigenvalue weighted by Gasteiger charge is 2.11. The number of carbonyl (C=O) groups excluding carboxylic acids is 1. The van der Waals surface area contributed by atoms with Crippen molar-refractivity contribution in [3.63, 3.8) is 0 Å². The van der Waals surface area contributed by atoms with Gasteiger partial charge in [0.15, 0.2) is 0 Å². The number of amides is 1. The van der Waals surface area contributed by atoms with Gasteiger partial charge in [-0.05, 0) is 30.7 Å². The van der Waals surface area contributed by atoms with Crippen LogP contribution in [-0.2, 0) is 9.06 Å². The molecule has 7 heteroatoms. The molecule has 1 aromatic carbocycles. The van der Waals surface area contributed by atoms with E-state index in [2.05, 4.69) is 4.72 Å². The number of rotatable bonds is 6. The zero-order valence-electron chi connectivity index (χ0n) is 9.34. The van der Waals surface area contributed by atoms with Gasteiger partial charge in [-0.25, -0.2) is 13.1 Å². The molecule has 1 amide bonds. The Morgan fingerprint density at radius 2 is 1.94 bits per heavy atom. The Morgan fingerprint density at radius 3 is 2.41 bits per heavy atom. The molecule has 5 nitrogen and oxygen atoms in total. The molecule has 17 heavy (non-hydrogen) atoms. The van der Waals surface area contributed by atoms with E-state index in [0.717, 1.165) is 6.42 Å². The molecule has 0 aliphatic heterocycles. The SMILES string of the molecule is CCCNS(=O)(=O)Sc1ccc(C(N)=O)cc1. The first-order valence-electron chi connectivity index (χ1n) is 5.03. The Kier molecular flexibility index (Phi) is 4.98. The Bertz CT molecular complexity index is 483. The summed E-state index contributed by atoms with van der Waals surface area (Å²) in [7, 11) is -2.66. The number of hydrogen-bond donors (Lipinski definition) is 2. The molecule has 1 rings (SSSR count). The fourth-order valence-corrected chi connectivity index (χ4v) is 3.59. The van der Waals surface area contributed by atoms with Crippen LogP contribution in [0.25, 0.3) is 0 Å². The Hall–Kier alpha value is -1.05. The summed E-state index contributed by atoms with van der Waals surface area (Å²) in [6.07, 6.45) is 0.737. The highest BCUT2D eigenvalue weighted by atomic mass is 33.1. The molecule has 0 spiro atoms. The van der Waals surface area contributed by atoms with Crippen LogP contribution in [0, 0.1) is 0 Å². The summed E-state index contributed by atoms with van der Waals surface area (Å²) in [6, 6.07) is 6.10. The van der Waals surface area contributed by atoms with Crippen molar-refractivity contribution >= 4 is 25.8 Å². The van der Waals surface area contributed by atoms with Crippen molar-refractivity contribution in [2.24, 2.45) is 5.73 Å². The number of benzene rings is 1. The molecular formula is C10H14N2O3S2. The predicted molar refractivity (Wildman–Crippen MR) is 68.0 cm³/mol. The van der Waals surface area contributed by atoms with Gasteiger partial charge in [0.05, 0.1) is 0 Å². The van der Waals surface area contributed by atoms with E-state index in [1.165, 1.54) is 12.1 Å². The van der Waals surface area contributed by atoms with Crippen molar-refractivity contribution < 1.29 is 13.2 Å². The molecule has 0 saturated carbocycles. The number of nitrogens with two attached hydrogens (primary N) is 1. The summed E-state index contributed by atoms with van der Waals surface area (Å²) in [4.78, 5) is 11.4. The predicted octanol–water partition coefficient (Wildman–Crippen LogP) is 1.12. The second-order valence-corrected chi connectivity index (χ2v) is 6.97. The topological polar surface area (TPSA) is 89.3 Å². The van der Waals surface area contributed by atoms with Gasteiger partial charge in [0, 0.05) is 27.8 Å². The van der Waals surface area contributed by atoms with Gasteiger partial charge in [0.2, 0.25) is 5.91 Å². The van der Waals surface area contributed by atoms with Gasteiger partial charge in [0.25, 0.3) is 9.06 Å². The molecule has 0 saturated heterocycles. The van der Waals surface area contributed by atoms with Gasteiger partial charge in [-0.3, -0.25) is 4.79 Å². The minimum Gasteiger partial charge on any atom is -0.366 e. The highest BCUT2D eigenvalue weighted by Crippen LogP contribution is 2.23. The fourth-order valence-electron chi connectivity index (χ4n) is 1.06. The zero-order valence-corrected chi connectivity index (χ0v) is 11.0. The Balaban J connectivity index is 2.72. The van der Waals surface area contributed by atoms with Crippen LogP contribution in [0.2, 0.25) is 0 Å². The first kappa shape index (κ1) is 14.0. The molecule has 94 valence electrons. The second-order valence-electron chi connectivity index (χ2n) is 3.32. The Morgan fingerprint density at radius 1 is 1.35 bits per heavy atom. The number of hydrogen-bond acceptors (Lipinski definition) is 4. The molecule has 0 unspecified atom stereocenters. The van der Waals surface area contributed by atoms with Crippen molar-refractivity contribution in [3.8, 4) is 0 Å². The highest BCUT2D eigenvalue weighted by molar-refractivity contribution is 8.71. The fraction of sp³-hybridized carbons (Fsp3) is 0.300. The van der Waals surface area contributed by atoms with Crippen LogP contribution in [0.4, 0.5) is 0 Å². The summed E-state index contributed by atoms with van der Waals surface area (Å²) in [5.74, 6) is -0.534. The molecule has 0 bridgehead atoms. The van der Waals surface area contributed by atoms with Crippen molar-refractivity contribution in [2.45, 2.75) is 18.2 Å². The third-order valence-electron chi connectivity index (χ3n) is 1.87. The number of primary amides is 1. The maximum atomic E-state index is 11.5. The zero-order chi connectivity index (χ0) is 12.9. The summed E-state index contributed by atoms with van der Waals surface area (Å²) in [5, 5.41) is 0. The van der Waals surface area contributed by atoms with E-state index in [0.29, 0.717) is 27.8 Å². The minimum atomic E-state index is -3.38. The van der Waals surface area contributed by atoms with Crippen LogP contribution >= 0.6 is 10.8 Å². The van der Waals surface area contributed by atoms with E-state index in [4.69, 9.17) is 5.73 Å². The van der Waals surface area contributed by atoms with Gasteiger partial charge in [0.1, 0.15) is 0 Å². The summed E-state index contributed by atoms with van der Waals surface area (Å²) in [5.41, 5.74) is 5.44. The van der Waals surface area contributed by atoms with Gasteiger partial charge in [-0.1, -0.05) is 6.92 Å². The van der Waals surface area contributed by atoms with E-state index in [1.54, 1.807) is 12.1 Å². The smallest absolute Gasteiger partial charge is 0.269 e. The van der Waals surface area contributed by atoms with Crippen LogP contribution in [0.1, 0.15) is 23.7 Å². The maximum absolute atomic E-state index is 11.5. The number of nitrogens with one attached hydrogen (secondary N) is 1. The first-order valence-corrected chi connectivity index (χ1v) is 7.85. The largest absolute Gasteiger partial charge is 0.366 e. The summed E-state index contributed by atoms with van der Waals surface area (Å²) < 4.78 is 25.5. The average molecular weight is 274 g/mol. The monoisotopic (exact) mass is 274 g/mol. The van der Waals surface area contributed by atoms with Gasteiger partial charge in [-0.2, -0.15) is 0 Å². The third-order valence-corrected chi connectivity index (χ3v) is 4.70. The van der Waals surface area contributed by atoms with E-state index in [-0.39, 0.29) is 0 Å². The third kappa shape index (κ3) is 4.76. The Labute approximate surface area is 104 Å². The quantitative estimate of drug-likeness (QED) is 0.761. The minimum absolute atomic E-state index is 0.355. The van der Waals surface area contributed by atoms with Crippen molar-refractivity contribution in [1.82, 2.24) is 4.72 Å². The second kappa shape index (κ2) is 6.04. The molecule has 0 radical (unpaired) electrons. The molecule has 0 aliphatic rings. The van der Waals surface area contributed by atoms with E-state index in [9.17, 15) is 13.2 Å². The van der Waals surface area contributed by atoms with Gasteiger partial charge < -0.3 is 5.73 Å². The summed E-state index contributed by atoms with van der Waals surface area (Å²) in [6.45, 7) is 2.30. The normalized spacial score (nSPS) is 11.4. The molecule has 1 aromatic rings. The van der Waals surface area contributed by atoms with E-state index >= 15 is 0 Å². The van der Waals surface area contributed by atoms with Gasteiger partial charge >= 0.3 is 0 Å². The summed E-state index contributed by atoms with van der Waals surface area (Å²) >= 11 is 0. The lowest BCUT2D eigenvalue weighted by atomic mass is 10.2. The van der Waals surface area contributed by atoms with E-state index in [1.807, 2.05) is 6.92 Å². The van der Waals surface area contributed by atoms with Crippen LogP contribution < -0.4 is 10.5 Å². The molecule has 0 atom stereocenters. The molecule has 3 N–H and O–H groups in total. The molecule has 0 aliphatic carbocycles. The van der Waals surface area contributed by atoms with Crippen LogP contribution in [-0.4, -0.2) is 20.9 Å². The standard InChI is InChI=1S/C10H14N2O3S2/c1-2-7-12-17(14,15)16-9-5-3-8(4-6-9)10(11)13/h3-6,12H,2,7H2,1H3,(H2,11,13). The molecular weight excluding hydrogens is 260 g/mol. The number of carbonyl (C=O) groups is 1. The molecule has 0 heterocycles. The van der Waals surface area contributed by atoms with Crippen LogP contribution in [0.15, 0.2) is 29.2 Å². The lowest BCUT2D eigenvalue weighted by Gasteiger charge is -2.04. The van der Waals surface area contributed by atoms with Crippen molar-refractivity contribution in [3.05, 3.63) is 29.8 Å². The van der Waals surface area contributed by atoms with E-state index < -0.39 is 15.0 Å². The molecule has 0 fully saturated rings. The lowest BCUT2D eigenvalue weighted by Crippen LogP contribution is -2.20. The average Bonchev–Trinajstić information content (AvgIpc) is 2.26. The first-order chi connectivity index (χ1) is 7.94. The lowest BCUT2D eigenvalue weighted by molar-refractivity contribution is 0.1000. The molecule has 0 aromatic heterocycles. The van der Waals surface area contributed by atoms with Crippen LogP contribution in [0.5, 0.6) is 0 Å².